The Morgan fingerprint density at radius 2 is 2.27 bits per heavy atom. The molecule has 0 N–H and O–H groups in total. The van der Waals surface area contributed by atoms with E-state index in [2.05, 4.69) is 11.6 Å². The molecule has 0 bridgehead atoms. The second kappa shape index (κ2) is 6.64. The summed E-state index contributed by atoms with van der Waals surface area (Å²) >= 11 is 0. The van der Waals surface area contributed by atoms with Gasteiger partial charge < -0.3 is 9.47 Å². The highest BCUT2D eigenvalue weighted by Crippen LogP contribution is 1.95. The van der Waals surface area contributed by atoms with Crippen molar-refractivity contribution < 1.29 is 14.3 Å². The summed E-state index contributed by atoms with van der Waals surface area (Å²) in [5.74, 6) is 0. The van der Waals surface area contributed by atoms with E-state index < -0.39 is 6.09 Å². The Labute approximate surface area is 88.3 Å². The standard InChI is InChI=1S/C10H14N2O3/c1-2-14-7-3-4-8-15-10(13)12-6-5-11-9-12/h2,5-6,9H,1,3-4,7-8H2. The van der Waals surface area contributed by atoms with Crippen molar-refractivity contribution >= 4 is 6.09 Å². The number of rotatable bonds is 6. The van der Waals surface area contributed by atoms with Crippen LogP contribution in [0.4, 0.5) is 4.79 Å². The molecule has 0 aromatic carbocycles. The number of carbonyl (C=O) groups is 1. The van der Waals surface area contributed by atoms with Crippen LogP contribution in [-0.4, -0.2) is 28.9 Å². The Bertz CT molecular complexity index is 296. The molecule has 0 saturated heterocycles. The molecule has 0 fully saturated rings. The molecule has 15 heavy (non-hydrogen) atoms. The van der Waals surface area contributed by atoms with E-state index in [-0.39, 0.29) is 0 Å². The lowest BCUT2D eigenvalue weighted by molar-refractivity contribution is 0.141. The van der Waals surface area contributed by atoms with Gasteiger partial charge in [-0.15, -0.1) is 0 Å². The second-order valence-corrected chi connectivity index (χ2v) is 2.83. The summed E-state index contributed by atoms with van der Waals surface area (Å²) in [6.45, 7) is 4.41. The Morgan fingerprint density at radius 3 is 2.93 bits per heavy atom. The predicted octanol–water partition coefficient (Wildman–Crippen LogP) is 1.81. The van der Waals surface area contributed by atoms with Crippen molar-refractivity contribution in [1.82, 2.24) is 9.55 Å². The predicted molar refractivity (Wildman–Crippen MR) is 54.4 cm³/mol. The van der Waals surface area contributed by atoms with Gasteiger partial charge in [-0.1, -0.05) is 6.58 Å². The van der Waals surface area contributed by atoms with Crippen molar-refractivity contribution in [3.63, 3.8) is 0 Å². The van der Waals surface area contributed by atoms with Gasteiger partial charge in [0.2, 0.25) is 0 Å². The van der Waals surface area contributed by atoms with E-state index in [9.17, 15) is 4.79 Å². The molecule has 1 rings (SSSR count). The van der Waals surface area contributed by atoms with Gasteiger partial charge in [-0.3, -0.25) is 0 Å². The zero-order valence-electron chi connectivity index (χ0n) is 8.46. The van der Waals surface area contributed by atoms with Gasteiger partial charge in [0.25, 0.3) is 0 Å². The summed E-state index contributed by atoms with van der Waals surface area (Å²) in [4.78, 5) is 15.0. The van der Waals surface area contributed by atoms with Crippen molar-refractivity contribution in [2.24, 2.45) is 0 Å². The molecule has 0 aliphatic heterocycles. The molecule has 5 heteroatoms. The number of nitrogens with zero attached hydrogens (tertiary/aromatic N) is 2. The number of hydrogen-bond donors (Lipinski definition) is 0. The first kappa shape index (κ1) is 11.3. The molecule has 82 valence electrons. The SMILES string of the molecule is C=COCCCCOC(=O)n1ccnc1. The Balaban J connectivity index is 2.05. The van der Waals surface area contributed by atoms with Crippen LogP contribution in [0, 0.1) is 0 Å². The van der Waals surface area contributed by atoms with E-state index in [0.717, 1.165) is 12.8 Å². The maximum Gasteiger partial charge on any atom is 0.419 e. The van der Waals surface area contributed by atoms with Crippen LogP contribution in [0.15, 0.2) is 31.6 Å². The molecule has 0 aliphatic rings. The summed E-state index contributed by atoms with van der Waals surface area (Å²) in [6, 6.07) is 0. The summed E-state index contributed by atoms with van der Waals surface area (Å²) in [7, 11) is 0. The van der Waals surface area contributed by atoms with E-state index in [4.69, 9.17) is 9.47 Å². The van der Waals surface area contributed by atoms with Gasteiger partial charge in [0.05, 0.1) is 19.5 Å². The number of imidazole rings is 1. The molecule has 1 aromatic rings. The van der Waals surface area contributed by atoms with E-state index >= 15 is 0 Å². The number of ether oxygens (including phenoxy) is 2. The minimum atomic E-state index is -0.405. The molecule has 0 unspecified atom stereocenters. The average molecular weight is 210 g/mol. The van der Waals surface area contributed by atoms with Gasteiger partial charge in [-0.25, -0.2) is 14.3 Å². The van der Waals surface area contributed by atoms with Crippen LogP contribution in [0.3, 0.4) is 0 Å². The minimum Gasteiger partial charge on any atom is -0.502 e. The molecular formula is C10H14N2O3. The van der Waals surface area contributed by atoms with Gasteiger partial charge in [0.15, 0.2) is 0 Å². The first-order chi connectivity index (χ1) is 7.34. The lowest BCUT2D eigenvalue weighted by Gasteiger charge is -2.04. The Hall–Kier alpha value is -1.78. The highest BCUT2D eigenvalue weighted by atomic mass is 16.5. The third kappa shape index (κ3) is 4.30. The summed E-state index contributed by atoms with van der Waals surface area (Å²) in [5, 5.41) is 0. The van der Waals surface area contributed by atoms with Crippen LogP contribution in [0.2, 0.25) is 0 Å². The van der Waals surface area contributed by atoms with Crippen molar-refractivity contribution in [3.8, 4) is 0 Å². The fourth-order valence-electron chi connectivity index (χ4n) is 0.972. The Morgan fingerprint density at radius 1 is 1.47 bits per heavy atom. The monoisotopic (exact) mass is 210 g/mol. The Kier molecular flexibility index (Phi) is 5.00. The maximum atomic E-state index is 11.2. The molecular weight excluding hydrogens is 196 g/mol. The topological polar surface area (TPSA) is 53.4 Å². The number of unbranched alkanes of at least 4 members (excludes halogenated alkanes) is 1. The molecule has 0 spiro atoms. The molecule has 1 aromatic heterocycles. The van der Waals surface area contributed by atoms with E-state index in [1.54, 1.807) is 6.20 Å². The van der Waals surface area contributed by atoms with Crippen LogP contribution in [0.25, 0.3) is 0 Å². The number of aromatic nitrogens is 2. The van der Waals surface area contributed by atoms with E-state index in [0.29, 0.717) is 13.2 Å². The zero-order valence-corrected chi connectivity index (χ0v) is 8.46. The quantitative estimate of drug-likeness (QED) is 0.530. The van der Waals surface area contributed by atoms with Crippen molar-refractivity contribution in [1.29, 1.82) is 0 Å². The smallest absolute Gasteiger partial charge is 0.419 e. The first-order valence-corrected chi connectivity index (χ1v) is 4.72. The zero-order chi connectivity index (χ0) is 10.9. The van der Waals surface area contributed by atoms with Crippen LogP contribution in [0.1, 0.15) is 12.8 Å². The van der Waals surface area contributed by atoms with Crippen LogP contribution >= 0.6 is 0 Å². The van der Waals surface area contributed by atoms with Crippen molar-refractivity contribution in [3.05, 3.63) is 31.6 Å². The highest BCUT2D eigenvalue weighted by molar-refractivity contribution is 5.69. The number of carbonyl (C=O) groups excluding carboxylic acids is 1. The summed E-state index contributed by atoms with van der Waals surface area (Å²) in [6.07, 6.45) is 7.08. The first-order valence-electron chi connectivity index (χ1n) is 4.72. The molecule has 1 heterocycles. The minimum absolute atomic E-state index is 0.386. The third-order valence-electron chi connectivity index (χ3n) is 1.72. The van der Waals surface area contributed by atoms with Crippen LogP contribution < -0.4 is 0 Å². The van der Waals surface area contributed by atoms with Gasteiger partial charge >= 0.3 is 6.09 Å². The van der Waals surface area contributed by atoms with Crippen molar-refractivity contribution in [2.45, 2.75) is 12.8 Å². The molecule has 5 nitrogen and oxygen atoms in total. The van der Waals surface area contributed by atoms with Crippen LogP contribution in [0.5, 0.6) is 0 Å². The normalized spacial score (nSPS) is 9.60. The molecule has 0 amide bonds. The van der Waals surface area contributed by atoms with Gasteiger partial charge in [0.1, 0.15) is 6.33 Å². The average Bonchev–Trinajstić information content (AvgIpc) is 2.76. The van der Waals surface area contributed by atoms with Gasteiger partial charge in [-0.2, -0.15) is 0 Å². The molecule has 0 saturated carbocycles. The lowest BCUT2D eigenvalue weighted by Crippen LogP contribution is -2.12. The van der Waals surface area contributed by atoms with Crippen molar-refractivity contribution in [2.75, 3.05) is 13.2 Å². The van der Waals surface area contributed by atoms with Crippen LogP contribution in [-0.2, 0) is 9.47 Å². The maximum absolute atomic E-state index is 11.2. The highest BCUT2D eigenvalue weighted by Gasteiger charge is 2.03. The summed E-state index contributed by atoms with van der Waals surface area (Å²) in [5.41, 5.74) is 0. The fraction of sp³-hybridized carbons (Fsp3) is 0.400. The third-order valence-corrected chi connectivity index (χ3v) is 1.72. The van der Waals surface area contributed by atoms with E-state index in [1.807, 2.05) is 0 Å². The second-order valence-electron chi connectivity index (χ2n) is 2.83. The largest absolute Gasteiger partial charge is 0.502 e. The molecule has 0 radical (unpaired) electrons. The molecule has 0 aliphatic carbocycles. The number of hydrogen-bond acceptors (Lipinski definition) is 4. The van der Waals surface area contributed by atoms with Gasteiger partial charge in [0, 0.05) is 12.4 Å². The van der Waals surface area contributed by atoms with E-state index in [1.165, 1.54) is 23.4 Å². The lowest BCUT2D eigenvalue weighted by atomic mass is 10.3. The summed E-state index contributed by atoms with van der Waals surface area (Å²) < 4.78 is 11.2. The molecule has 0 atom stereocenters. The van der Waals surface area contributed by atoms with Gasteiger partial charge in [-0.05, 0) is 12.8 Å². The fourth-order valence-corrected chi connectivity index (χ4v) is 0.972.